The average molecular weight is 250 g/mol. The summed E-state index contributed by atoms with van der Waals surface area (Å²) < 4.78 is 24.7. The highest BCUT2D eigenvalue weighted by Crippen LogP contribution is 1.80. The van der Waals surface area contributed by atoms with E-state index in [1.54, 1.807) is 14.0 Å². The number of guanidine groups is 1. The molecule has 0 radical (unpaired) electrons. The van der Waals surface area contributed by atoms with Gasteiger partial charge in [0.1, 0.15) is 0 Å². The molecule has 3 N–H and O–H groups in total. The van der Waals surface area contributed by atoms with Gasteiger partial charge in [-0.25, -0.2) is 13.1 Å². The first-order chi connectivity index (χ1) is 7.41. The van der Waals surface area contributed by atoms with Crippen molar-refractivity contribution < 1.29 is 8.42 Å². The van der Waals surface area contributed by atoms with Crippen molar-refractivity contribution in [2.75, 3.05) is 25.9 Å². The van der Waals surface area contributed by atoms with Crippen molar-refractivity contribution in [2.45, 2.75) is 26.8 Å². The Kier molecular flexibility index (Phi) is 7.07. The van der Waals surface area contributed by atoms with E-state index in [4.69, 9.17) is 0 Å². The van der Waals surface area contributed by atoms with Gasteiger partial charge in [0, 0.05) is 26.2 Å². The molecule has 0 heterocycles. The molecule has 0 saturated carbocycles. The van der Waals surface area contributed by atoms with Gasteiger partial charge in [-0.15, -0.1) is 0 Å². The number of nitrogens with one attached hydrogen (secondary N) is 3. The topological polar surface area (TPSA) is 82.6 Å². The quantitative estimate of drug-likeness (QED) is 0.337. The van der Waals surface area contributed by atoms with E-state index in [9.17, 15) is 8.42 Å². The fraction of sp³-hybridized carbons (Fsp3) is 0.889. The lowest BCUT2D eigenvalue weighted by molar-refractivity contribution is 0.581. The molecule has 0 amide bonds. The lowest BCUT2D eigenvalue weighted by Gasteiger charge is -2.14. The van der Waals surface area contributed by atoms with E-state index in [2.05, 4.69) is 20.3 Å². The molecule has 0 aliphatic rings. The molecule has 0 unspecified atom stereocenters. The van der Waals surface area contributed by atoms with Crippen molar-refractivity contribution in [2.24, 2.45) is 4.99 Å². The van der Waals surface area contributed by atoms with Gasteiger partial charge in [0.15, 0.2) is 5.96 Å². The first-order valence-electron chi connectivity index (χ1n) is 5.35. The van der Waals surface area contributed by atoms with Crippen LogP contribution in [-0.2, 0) is 10.0 Å². The maximum atomic E-state index is 11.1. The fourth-order valence-electron chi connectivity index (χ4n) is 0.958. The van der Waals surface area contributed by atoms with Crippen molar-refractivity contribution in [1.29, 1.82) is 0 Å². The number of nitrogens with zero attached hydrogens (tertiary/aromatic N) is 1. The molecule has 0 aliphatic heterocycles. The van der Waals surface area contributed by atoms with Gasteiger partial charge in [-0.05, 0) is 20.8 Å². The highest BCUT2D eigenvalue weighted by molar-refractivity contribution is 7.89. The summed E-state index contributed by atoms with van der Waals surface area (Å²) in [6.07, 6.45) is 0. The predicted octanol–water partition coefficient (Wildman–Crippen LogP) is -0.501. The Bertz CT molecular complexity index is 311. The van der Waals surface area contributed by atoms with E-state index >= 15 is 0 Å². The first-order valence-corrected chi connectivity index (χ1v) is 7.01. The monoisotopic (exact) mass is 250 g/mol. The summed E-state index contributed by atoms with van der Waals surface area (Å²) in [5.74, 6) is 0.775. The van der Waals surface area contributed by atoms with Crippen LogP contribution < -0.4 is 15.4 Å². The molecule has 6 nitrogen and oxygen atoms in total. The predicted molar refractivity (Wildman–Crippen MR) is 67.1 cm³/mol. The van der Waals surface area contributed by atoms with E-state index in [1.807, 2.05) is 13.8 Å². The number of aliphatic imine (C=N–C) groups is 1. The Morgan fingerprint density at radius 1 is 1.31 bits per heavy atom. The Morgan fingerprint density at radius 3 is 2.38 bits per heavy atom. The zero-order chi connectivity index (χ0) is 12.6. The fourth-order valence-corrected chi connectivity index (χ4v) is 1.57. The average Bonchev–Trinajstić information content (AvgIpc) is 2.22. The minimum absolute atomic E-state index is 0.103. The van der Waals surface area contributed by atoms with Crippen molar-refractivity contribution in [1.82, 2.24) is 15.4 Å². The third-order valence-electron chi connectivity index (χ3n) is 1.77. The minimum Gasteiger partial charge on any atom is -0.355 e. The molecule has 0 aromatic heterocycles. The normalized spacial score (nSPS) is 12.9. The summed E-state index contributed by atoms with van der Waals surface area (Å²) in [4.78, 5) is 4.00. The van der Waals surface area contributed by atoms with Gasteiger partial charge in [0.2, 0.25) is 10.0 Å². The van der Waals surface area contributed by atoms with Crippen LogP contribution in [0.3, 0.4) is 0 Å². The van der Waals surface area contributed by atoms with Crippen molar-refractivity contribution >= 4 is 16.0 Å². The summed E-state index contributed by atoms with van der Waals surface area (Å²) in [6.45, 7) is 6.48. The molecule has 0 rings (SSSR count). The minimum atomic E-state index is -3.10. The number of sulfonamides is 1. The molecular weight excluding hydrogens is 228 g/mol. The summed E-state index contributed by atoms with van der Waals surface area (Å²) in [5, 5.41) is 6.11. The molecule has 96 valence electrons. The van der Waals surface area contributed by atoms with E-state index < -0.39 is 10.0 Å². The van der Waals surface area contributed by atoms with Gasteiger partial charge in [-0.3, -0.25) is 4.99 Å². The lowest BCUT2D eigenvalue weighted by atomic mass is 10.4. The van der Waals surface area contributed by atoms with Crippen LogP contribution in [0.25, 0.3) is 0 Å². The summed E-state index contributed by atoms with van der Waals surface area (Å²) >= 11 is 0. The molecule has 0 atom stereocenters. The zero-order valence-electron chi connectivity index (χ0n) is 10.4. The van der Waals surface area contributed by atoms with Gasteiger partial charge >= 0.3 is 0 Å². The largest absolute Gasteiger partial charge is 0.355 e. The summed E-state index contributed by atoms with van der Waals surface area (Å²) in [5.41, 5.74) is 0. The van der Waals surface area contributed by atoms with Crippen molar-refractivity contribution in [3.05, 3.63) is 0 Å². The van der Waals surface area contributed by atoms with Crippen LogP contribution in [0.15, 0.2) is 4.99 Å². The Hall–Kier alpha value is -0.820. The van der Waals surface area contributed by atoms with E-state index in [-0.39, 0.29) is 5.75 Å². The van der Waals surface area contributed by atoms with E-state index in [0.717, 1.165) is 0 Å². The van der Waals surface area contributed by atoms with E-state index in [1.165, 1.54) is 0 Å². The third kappa shape index (κ3) is 7.47. The van der Waals surface area contributed by atoms with Crippen LogP contribution in [0.5, 0.6) is 0 Å². The molecule has 0 aliphatic carbocycles. The molecule has 0 saturated heterocycles. The molecule has 7 heteroatoms. The second-order valence-corrected chi connectivity index (χ2v) is 5.69. The van der Waals surface area contributed by atoms with Crippen LogP contribution in [0.2, 0.25) is 0 Å². The summed E-state index contributed by atoms with van der Waals surface area (Å²) in [7, 11) is -1.42. The third-order valence-corrected chi connectivity index (χ3v) is 3.17. The summed E-state index contributed by atoms with van der Waals surface area (Å²) in [6, 6.07) is 0.290. The molecule has 0 fully saturated rings. The van der Waals surface area contributed by atoms with Crippen LogP contribution in [0.4, 0.5) is 0 Å². The maximum Gasteiger partial charge on any atom is 0.211 e. The van der Waals surface area contributed by atoms with Gasteiger partial charge in [0.05, 0.1) is 5.75 Å². The zero-order valence-corrected chi connectivity index (χ0v) is 11.2. The molecular formula is C9H22N4O2S. The number of hydrogen-bond acceptors (Lipinski definition) is 3. The highest BCUT2D eigenvalue weighted by atomic mass is 32.2. The maximum absolute atomic E-state index is 11.1. The molecule has 16 heavy (non-hydrogen) atoms. The number of hydrogen-bond donors (Lipinski definition) is 3. The Morgan fingerprint density at radius 2 is 1.94 bits per heavy atom. The lowest BCUT2D eigenvalue weighted by Crippen LogP contribution is -2.44. The van der Waals surface area contributed by atoms with Crippen LogP contribution in [0.1, 0.15) is 20.8 Å². The van der Waals surface area contributed by atoms with Gasteiger partial charge in [-0.2, -0.15) is 0 Å². The second-order valence-electron chi connectivity index (χ2n) is 3.60. The Balaban J connectivity index is 3.81. The SMILES string of the molecule is CCS(=O)(=O)NCCNC(=NC)NC(C)C. The Labute approximate surface area is 98.0 Å². The second kappa shape index (κ2) is 7.45. The molecule has 0 bridgehead atoms. The smallest absolute Gasteiger partial charge is 0.211 e. The van der Waals surface area contributed by atoms with Gasteiger partial charge < -0.3 is 10.6 Å². The van der Waals surface area contributed by atoms with Crippen LogP contribution >= 0.6 is 0 Å². The van der Waals surface area contributed by atoms with Gasteiger partial charge in [-0.1, -0.05) is 0 Å². The van der Waals surface area contributed by atoms with Crippen LogP contribution in [-0.4, -0.2) is 46.3 Å². The van der Waals surface area contributed by atoms with Crippen molar-refractivity contribution in [3.8, 4) is 0 Å². The van der Waals surface area contributed by atoms with Crippen molar-refractivity contribution in [3.63, 3.8) is 0 Å². The first kappa shape index (κ1) is 15.2. The van der Waals surface area contributed by atoms with E-state index in [0.29, 0.717) is 25.1 Å². The standard InChI is InChI=1S/C9H22N4O2S/c1-5-16(14,15)12-7-6-11-9(10-4)13-8(2)3/h8,12H,5-7H2,1-4H3,(H2,10,11,13). The molecule has 0 aromatic rings. The molecule has 0 aromatic carbocycles. The highest BCUT2D eigenvalue weighted by Gasteiger charge is 2.05. The van der Waals surface area contributed by atoms with Crippen LogP contribution in [0, 0.1) is 0 Å². The molecule has 0 spiro atoms. The van der Waals surface area contributed by atoms with Gasteiger partial charge in [0.25, 0.3) is 0 Å². The number of rotatable bonds is 6.